The molecule has 0 amide bonds. The molecule has 0 unspecified atom stereocenters. The minimum absolute atomic E-state index is 0.631. The van der Waals surface area contributed by atoms with E-state index in [0.29, 0.717) is 10.4 Å². The van der Waals surface area contributed by atoms with Gasteiger partial charge < -0.3 is 0 Å². The summed E-state index contributed by atoms with van der Waals surface area (Å²) >= 11 is 1.41. The highest BCUT2D eigenvalue weighted by Crippen LogP contribution is 2.25. The third kappa shape index (κ3) is 1.32. The van der Waals surface area contributed by atoms with Crippen LogP contribution >= 0.6 is 11.3 Å². The SMILES string of the molecule is N#Cc1ccc2cc(C=O)sc2c1. The minimum Gasteiger partial charge on any atom is -0.297 e. The van der Waals surface area contributed by atoms with Gasteiger partial charge in [0.05, 0.1) is 16.5 Å². The normalized spacial score (nSPS) is 9.77. The molecule has 0 aliphatic carbocycles. The summed E-state index contributed by atoms with van der Waals surface area (Å²) in [4.78, 5) is 11.2. The molecule has 13 heavy (non-hydrogen) atoms. The predicted molar refractivity (Wildman–Crippen MR) is 51.9 cm³/mol. The molecule has 0 N–H and O–H groups in total. The van der Waals surface area contributed by atoms with Gasteiger partial charge in [-0.25, -0.2) is 0 Å². The molecule has 2 nitrogen and oxygen atoms in total. The number of carbonyl (C=O) groups is 1. The molecule has 0 aliphatic rings. The highest BCUT2D eigenvalue weighted by atomic mass is 32.1. The molecule has 1 heterocycles. The third-order valence-corrected chi connectivity index (χ3v) is 2.81. The lowest BCUT2D eigenvalue weighted by atomic mass is 10.2. The highest BCUT2D eigenvalue weighted by molar-refractivity contribution is 7.20. The molecule has 0 saturated heterocycles. The number of benzene rings is 1. The van der Waals surface area contributed by atoms with Crippen LogP contribution in [0.5, 0.6) is 0 Å². The third-order valence-electron chi connectivity index (χ3n) is 1.78. The van der Waals surface area contributed by atoms with Gasteiger partial charge in [0.15, 0.2) is 6.29 Å². The molecule has 3 heteroatoms. The summed E-state index contributed by atoms with van der Waals surface area (Å²) in [6.45, 7) is 0. The number of hydrogen-bond donors (Lipinski definition) is 0. The fourth-order valence-electron chi connectivity index (χ4n) is 1.18. The fourth-order valence-corrected chi connectivity index (χ4v) is 2.10. The summed E-state index contributed by atoms with van der Waals surface area (Å²) in [5, 5.41) is 9.67. The Bertz CT molecular complexity index is 507. The van der Waals surface area contributed by atoms with Gasteiger partial charge in [-0.2, -0.15) is 5.26 Å². The number of hydrogen-bond acceptors (Lipinski definition) is 3. The summed E-state index contributed by atoms with van der Waals surface area (Å²) in [6, 6.07) is 9.30. The molecule has 2 rings (SSSR count). The molecule has 0 bridgehead atoms. The Morgan fingerprint density at radius 2 is 2.23 bits per heavy atom. The second-order valence-corrected chi connectivity index (χ2v) is 3.75. The van der Waals surface area contributed by atoms with Crippen LogP contribution in [-0.2, 0) is 0 Å². The first-order valence-corrected chi connectivity index (χ1v) is 4.54. The van der Waals surface area contributed by atoms with Crippen molar-refractivity contribution in [2.75, 3.05) is 0 Å². The molecular weight excluding hydrogens is 182 g/mol. The first-order chi connectivity index (χ1) is 6.33. The monoisotopic (exact) mass is 187 g/mol. The first-order valence-electron chi connectivity index (χ1n) is 3.72. The number of nitriles is 1. The average Bonchev–Trinajstić information content (AvgIpc) is 2.58. The van der Waals surface area contributed by atoms with Crippen LogP contribution < -0.4 is 0 Å². The van der Waals surface area contributed by atoms with Crippen molar-refractivity contribution in [3.63, 3.8) is 0 Å². The van der Waals surface area contributed by atoms with E-state index in [9.17, 15) is 4.79 Å². The van der Waals surface area contributed by atoms with E-state index in [1.807, 2.05) is 12.1 Å². The fraction of sp³-hybridized carbons (Fsp3) is 0. The van der Waals surface area contributed by atoms with Crippen LogP contribution in [0.15, 0.2) is 24.3 Å². The molecule has 0 saturated carbocycles. The van der Waals surface area contributed by atoms with Crippen molar-refractivity contribution in [2.45, 2.75) is 0 Å². The Morgan fingerprint density at radius 1 is 1.38 bits per heavy atom. The maximum atomic E-state index is 10.5. The van der Waals surface area contributed by atoms with Crippen molar-refractivity contribution in [3.05, 3.63) is 34.7 Å². The van der Waals surface area contributed by atoms with Crippen LogP contribution in [0.1, 0.15) is 15.2 Å². The van der Waals surface area contributed by atoms with Crippen molar-refractivity contribution in [1.82, 2.24) is 0 Å². The number of nitrogens with zero attached hydrogens (tertiary/aromatic N) is 1. The molecule has 0 radical (unpaired) electrons. The summed E-state index contributed by atoms with van der Waals surface area (Å²) in [6.07, 6.45) is 0.830. The summed E-state index contributed by atoms with van der Waals surface area (Å²) in [5.74, 6) is 0. The summed E-state index contributed by atoms with van der Waals surface area (Å²) < 4.78 is 0.987. The van der Waals surface area contributed by atoms with Gasteiger partial charge >= 0.3 is 0 Å². The topological polar surface area (TPSA) is 40.9 Å². The van der Waals surface area contributed by atoms with Crippen LogP contribution in [0.25, 0.3) is 10.1 Å². The Morgan fingerprint density at radius 3 is 2.92 bits per heavy atom. The van der Waals surface area contributed by atoms with Gasteiger partial charge in [-0.05, 0) is 23.6 Å². The summed E-state index contributed by atoms with van der Waals surface area (Å²) in [5.41, 5.74) is 0.631. The maximum absolute atomic E-state index is 10.5. The van der Waals surface area contributed by atoms with Crippen LogP contribution in [0.4, 0.5) is 0 Å². The molecule has 0 aliphatic heterocycles. The van der Waals surface area contributed by atoms with E-state index in [1.54, 1.807) is 12.1 Å². The van der Waals surface area contributed by atoms with Gasteiger partial charge in [0, 0.05) is 4.70 Å². The molecule has 0 spiro atoms. The van der Waals surface area contributed by atoms with Gasteiger partial charge in [0.2, 0.25) is 0 Å². The van der Waals surface area contributed by atoms with Crippen LogP contribution in [0.2, 0.25) is 0 Å². The number of rotatable bonds is 1. The second kappa shape index (κ2) is 3.00. The van der Waals surface area contributed by atoms with Crippen molar-refractivity contribution < 1.29 is 4.79 Å². The lowest BCUT2D eigenvalue weighted by Gasteiger charge is -1.87. The predicted octanol–water partition coefficient (Wildman–Crippen LogP) is 2.59. The lowest BCUT2D eigenvalue weighted by molar-refractivity contribution is 0.112. The van der Waals surface area contributed by atoms with E-state index in [-0.39, 0.29) is 0 Å². The molecule has 0 fully saturated rings. The summed E-state index contributed by atoms with van der Waals surface area (Å²) in [7, 11) is 0. The van der Waals surface area contributed by atoms with E-state index >= 15 is 0 Å². The zero-order chi connectivity index (χ0) is 9.26. The average molecular weight is 187 g/mol. The maximum Gasteiger partial charge on any atom is 0.160 e. The number of aldehydes is 1. The molecular formula is C10H5NOS. The molecule has 0 atom stereocenters. The Kier molecular flexibility index (Phi) is 1.84. The molecule has 2 aromatic rings. The van der Waals surface area contributed by atoms with Crippen LogP contribution in [0.3, 0.4) is 0 Å². The Labute approximate surface area is 79.0 Å². The Hall–Kier alpha value is -1.66. The van der Waals surface area contributed by atoms with Crippen molar-refractivity contribution in [1.29, 1.82) is 5.26 Å². The van der Waals surface area contributed by atoms with Gasteiger partial charge in [0.1, 0.15) is 0 Å². The van der Waals surface area contributed by atoms with E-state index in [4.69, 9.17) is 5.26 Å². The zero-order valence-corrected chi connectivity index (χ0v) is 7.47. The molecule has 1 aromatic heterocycles. The van der Waals surface area contributed by atoms with Gasteiger partial charge in [-0.1, -0.05) is 6.07 Å². The van der Waals surface area contributed by atoms with Crippen LogP contribution in [0, 0.1) is 11.3 Å². The smallest absolute Gasteiger partial charge is 0.160 e. The highest BCUT2D eigenvalue weighted by Gasteiger charge is 2.00. The lowest BCUT2D eigenvalue weighted by Crippen LogP contribution is -1.69. The van der Waals surface area contributed by atoms with E-state index in [1.165, 1.54) is 11.3 Å². The van der Waals surface area contributed by atoms with Gasteiger partial charge in [-0.15, -0.1) is 11.3 Å². The van der Waals surface area contributed by atoms with Crippen molar-refractivity contribution in [2.24, 2.45) is 0 Å². The van der Waals surface area contributed by atoms with E-state index < -0.39 is 0 Å². The molecule has 62 valence electrons. The largest absolute Gasteiger partial charge is 0.297 e. The standard InChI is InChI=1S/C10H5NOS/c11-5-7-1-2-8-4-9(6-12)13-10(8)3-7/h1-4,6H. The quantitative estimate of drug-likeness (QED) is 0.644. The van der Waals surface area contributed by atoms with Crippen molar-refractivity contribution in [3.8, 4) is 6.07 Å². The minimum atomic E-state index is 0.631. The van der Waals surface area contributed by atoms with Crippen LogP contribution in [-0.4, -0.2) is 6.29 Å². The number of thiophene rings is 1. The molecule has 1 aromatic carbocycles. The number of fused-ring (bicyclic) bond motifs is 1. The van der Waals surface area contributed by atoms with E-state index in [0.717, 1.165) is 16.4 Å². The zero-order valence-electron chi connectivity index (χ0n) is 6.65. The van der Waals surface area contributed by atoms with Gasteiger partial charge in [0.25, 0.3) is 0 Å². The Balaban J connectivity index is 2.72. The van der Waals surface area contributed by atoms with E-state index in [2.05, 4.69) is 6.07 Å². The van der Waals surface area contributed by atoms with Crippen molar-refractivity contribution >= 4 is 27.7 Å². The van der Waals surface area contributed by atoms with Gasteiger partial charge in [-0.3, -0.25) is 4.79 Å². The second-order valence-electron chi connectivity index (χ2n) is 2.63. The first kappa shape index (κ1) is 7.96. The number of carbonyl (C=O) groups excluding carboxylic acids is 1.